The Morgan fingerprint density at radius 1 is 1.21 bits per heavy atom. The summed E-state index contributed by atoms with van der Waals surface area (Å²) in [5.41, 5.74) is 2.76. The van der Waals surface area contributed by atoms with E-state index >= 15 is 0 Å². The molecule has 1 aromatic rings. The van der Waals surface area contributed by atoms with Gasteiger partial charge in [-0.2, -0.15) is 0 Å². The Morgan fingerprint density at radius 3 is 2.29 bits per heavy atom. The number of allylic oxidation sites excluding steroid dienone is 1. The first-order chi connectivity index (χ1) is 6.63. The normalized spacial score (nSPS) is 14.8. The third-order valence-corrected chi connectivity index (χ3v) is 2.95. The van der Waals surface area contributed by atoms with Gasteiger partial charge in [0.05, 0.1) is 0 Å². The van der Waals surface area contributed by atoms with Gasteiger partial charge in [0, 0.05) is 0 Å². The van der Waals surface area contributed by atoms with Gasteiger partial charge in [0.15, 0.2) is 0 Å². The lowest BCUT2D eigenvalue weighted by molar-refractivity contribution is 0.458. The van der Waals surface area contributed by atoms with Crippen LogP contribution < -0.4 is 0 Å². The minimum atomic E-state index is 0.594. The molecule has 0 fully saturated rings. The summed E-state index contributed by atoms with van der Waals surface area (Å²) in [6, 6.07) is 8.81. The third-order valence-electron chi connectivity index (χ3n) is 2.95. The smallest absolute Gasteiger partial charge is 0.0236 e. The van der Waals surface area contributed by atoms with Crippen LogP contribution in [0.25, 0.3) is 0 Å². The molecule has 2 atom stereocenters. The zero-order valence-corrected chi connectivity index (χ0v) is 9.46. The molecule has 0 N–H and O–H groups in total. The second-order valence-electron chi connectivity index (χ2n) is 4.26. The quantitative estimate of drug-likeness (QED) is 0.627. The van der Waals surface area contributed by atoms with Crippen molar-refractivity contribution in [3.05, 3.63) is 48.0 Å². The summed E-state index contributed by atoms with van der Waals surface area (Å²) in [6.45, 7) is 10.5. The molecule has 0 amide bonds. The Labute approximate surface area is 87.7 Å². The van der Waals surface area contributed by atoms with E-state index in [0.717, 1.165) is 6.42 Å². The lowest BCUT2D eigenvalue weighted by atomic mass is 9.90. The molecule has 14 heavy (non-hydrogen) atoms. The number of hydrogen-bond donors (Lipinski definition) is 0. The Hall–Kier alpha value is -1.04. The molecule has 0 nitrogen and oxygen atoms in total. The van der Waals surface area contributed by atoms with Crippen molar-refractivity contribution in [1.82, 2.24) is 0 Å². The molecule has 76 valence electrons. The van der Waals surface area contributed by atoms with Crippen LogP contribution >= 0.6 is 0 Å². The van der Waals surface area contributed by atoms with Gasteiger partial charge < -0.3 is 0 Å². The summed E-state index contributed by atoms with van der Waals surface area (Å²) in [7, 11) is 0. The average Bonchev–Trinajstić information content (AvgIpc) is 2.20. The van der Waals surface area contributed by atoms with Gasteiger partial charge in [0.1, 0.15) is 0 Å². The van der Waals surface area contributed by atoms with E-state index in [2.05, 4.69) is 51.6 Å². The summed E-state index contributed by atoms with van der Waals surface area (Å²) >= 11 is 0. The summed E-state index contributed by atoms with van der Waals surface area (Å²) in [5, 5.41) is 0. The van der Waals surface area contributed by atoms with Gasteiger partial charge in [0.2, 0.25) is 0 Å². The average molecular weight is 188 g/mol. The minimum absolute atomic E-state index is 0.594. The number of aryl methyl sites for hydroxylation is 1. The summed E-state index contributed by atoms with van der Waals surface area (Å²) < 4.78 is 0. The fraction of sp³-hybridized carbons (Fsp3) is 0.429. The predicted molar refractivity (Wildman–Crippen MR) is 63.4 cm³/mol. The van der Waals surface area contributed by atoms with E-state index in [9.17, 15) is 0 Å². The molecule has 0 radical (unpaired) electrons. The van der Waals surface area contributed by atoms with E-state index in [4.69, 9.17) is 0 Å². The molecule has 0 saturated carbocycles. The maximum absolute atomic E-state index is 3.84. The van der Waals surface area contributed by atoms with Crippen LogP contribution in [0.2, 0.25) is 0 Å². The fourth-order valence-corrected chi connectivity index (χ4v) is 1.51. The van der Waals surface area contributed by atoms with Crippen molar-refractivity contribution in [2.45, 2.75) is 27.2 Å². The Kier molecular flexibility index (Phi) is 3.94. The lowest BCUT2D eigenvalue weighted by Crippen LogP contribution is -2.08. The van der Waals surface area contributed by atoms with Crippen molar-refractivity contribution in [1.29, 1.82) is 0 Å². The largest absolute Gasteiger partial charge is 0.103 e. The van der Waals surface area contributed by atoms with Gasteiger partial charge in [-0.15, -0.1) is 6.58 Å². The zero-order valence-electron chi connectivity index (χ0n) is 9.46. The summed E-state index contributed by atoms with van der Waals surface area (Å²) in [5.74, 6) is 1.27. The maximum atomic E-state index is 3.84. The van der Waals surface area contributed by atoms with Crippen molar-refractivity contribution < 1.29 is 0 Å². The second-order valence-corrected chi connectivity index (χ2v) is 4.26. The van der Waals surface area contributed by atoms with E-state index in [1.165, 1.54) is 11.1 Å². The number of benzene rings is 1. The molecule has 0 aliphatic carbocycles. The van der Waals surface area contributed by atoms with Crippen LogP contribution in [0, 0.1) is 18.8 Å². The molecular weight excluding hydrogens is 168 g/mol. The van der Waals surface area contributed by atoms with Gasteiger partial charge in [-0.1, -0.05) is 49.8 Å². The molecule has 2 unspecified atom stereocenters. The maximum Gasteiger partial charge on any atom is -0.0236 e. The molecule has 0 aliphatic rings. The Bertz CT molecular complexity index is 281. The molecule has 0 aromatic heterocycles. The van der Waals surface area contributed by atoms with Gasteiger partial charge in [-0.3, -0.25) is 0 Å². The number of rotatable bonds is 4. The van der Waals surface area contributed by atoms with Crippen molar-refractivity contribution in [3.63, 3.8) is 0 Å². The lowest BCUT2D eigenvalue weighted by Gasteiger charge is -2.16. The van der Waals surface area contributed by atoms with Crippen molar-refractivity contribution >= 4 is 0 Å². The van der Waals surface area contributed by atoms with Crippen LogP contribution in [-0.4, -0.2) is 0 Å². The van der Waals surface area contributed by atoms with Crippen LogP contribution in [-0.2, 0) is 6.42 Å². The molecule has 0 saturated heterocycles. The summed E-state index contributed by atoms with van der Waals surface area (Å²) in [4.78, 5) is 0. The third kappa shape index (κ3) is 3.02. The van der Waals surface area contributed by atoms with Crippen LogP contribution in [0.3, 0.4) is 0 Å². The molecule has 1 rings (SSSR count). The Morgan fingerprint density at radius 2 is 1.79 bits per heavy atom. The van der Waals surface area contributed by atoms with E-state index in [0.29, 0.717) is 11.8 Å². The van der Waals surface area contributed by atoms with Crippen molar-refractivity contribution in [2.24, 2.45) is 11.8 Å². The van der Waals surface area contributed by atoms with E-state index in [1.54, 1.807) is 0 Å². The molecular formula is C14H20. The van der Waals surface area contributed by atoms with Crippen LogP contribution in [0.1, 0.15) is 25.0 Å². The first-order valence-electron chi connectivity index (χ1n) is 5.31. The first-order valence-corrected chi connectivity index (χ1v) is 5.31. The van der Waals surface area contributed by atoms with E-state index in [1.807, 2.05) is 6.08 Å². The van der Waals surface area contributed by atoms with Crippen LogP contribution in [0.4, 0.5) is 0 Å². The molecule has 0 spiro atoms. The highest BCUT2D eigenvalue weighted by atomic mass is 14.1. The highest BCUT2D eigenvalue weighted by molar-refractivity contribution is 5.21. The standard InChI is InChI=1S/C14H20/c1-5-12(3)13(4)10-14-8-6-11(2)7-9-14/h5-9,12-13H,1,10H2,2-4H3. The van der Waals surface area contributed by atoms with Gasteiger partial charge >= 0.3 is 0 Å². The highest BCUT2D eigenvalue weighted by Crippen LogP contribution is 2.17. The van der Waals surface area contributed by atoms with Gasteiger partial charge in [-0.25, -0.2) is 0 Å². The van der Waals surface area contributed by atoms with Crippen LogP contribution in [0.15, 0.2) is 36.9 Å². The SMILES string of the molecule is C=CC(C)C(C)Cc1ccc(C)cc1. The summed E-state index contributed by atoms with van der Waals surface area (Å²) in [6.07, 6.45) is 3.19. The Balaban J connectivity index is 2.60. The van der Waals surface area contributed by atoms with Crippen molar-refractivity contribution in [2.75, 3.05) is 0 Å². The van der Waals surface area contributed by atoms with Gasteiger partial charge in [-0.05, 0) is 30.7 Å². The molecule has 0 heteroatoms. The number of hydrogen-bond acceptors (Lipinski definition) is 0. The van der Waals surface area contributed by atoms with E-state index < -0.39 is 0 Å². The fourth-order valence-electron chi connectivity index (χ4n) is 1.51. The molecule has 0 heterocycles. The monoisotopic (exact) mass is 188 g/mol. The van der Waals surface area contributed by atoms with E-state index in [-0.39, 0.29) is 0 Å². The minimum Gasteiger partial charge on any atom is -0.103 e. The topological polar surface area (TPSA) is 0 Å². The molecule has 0 bridgehead atoms. The van der Waals surface area contributed by atoms with Crippen LogP contribution in [0.5, 0.6) is 0 Å². The molecule has 1 aromatic carbocycles. The van der Waals surface area contributed by atoms with Crippen molar-refractivity contribution in [3.8, 4) is 0 Å². The second kappa shape index (κ2) is 4.99. The first kappa shape index (κ1) is 11.0. The molecule has 0 aliphatic heterocycles. The van der Waals surface area contributed by atoms with Gasteiger partial charge in [0.25, 0.3) is 0 Å². The zero-order chi connectivity index (χ0) is 10.6. The highest BCUT2D eigenvalue weighted by Gasteiger charge is 2.08. The predicted octanol–water partition coefficient (Wildman–Crippen LogP) is 4.00.